The molecule has 0 saturated heterocycles. The third-order valence-corrected chi connectivity index (χ3v) is 4.27. The zero-order valence-corrected chi connectivity index (χ0v) is 10.0. The van der Waals surface area contributed by atoms with Crippen molar-refractivity contribution in [2.75, 3.05) is 5.75 Å². The van der Waals surface area contributed by atoms with Crippen molar-refractivity contribution in [3.8, 4) is 0 Å². The molecule has 1 aromatic rings. The summed E-state index contributed by atoms with van der Waals surface area (Å²) in [5.41, 5.74) is 1.31. The van der Waals surface area contributed by atoms with Gasteiger partial charge in [-0.05, 0) is 24.1 Å². The van der Waals surface area contributed by atoms with Crippen LogP contribution in [0.15, 0.2) is 24.3 Å². The predicted molar refractivity (Wildman–Crippen MR) is 65.5 cm³/mol. The molecule has 0 spiro atoms. The molecule has 1 aromatic carbocycles. The molecule has 13 heavy (non-hydrogen) atoms. The summed E-state index contributed by atoms with van der Waals surface area (Å²) >= 11 is 5.87. The summed E-state index contributed by atoms with van der Waals surface area (Å²) in [6, 6.07) is 8.06. The molecule has 0 radical (unpaired) electrons. The second-order valence-corrected chi connectivity index (χ2v) is 5.73. The normalized spacial score (nSPS) is 10.3. The van der Waals surface area contributed by atoms with Crippen LogP contribution in [0.1, 0.15) is 18.9 Å². The Kier molecular flexibility index (Phi) is 5.76. The van der Waals surface area contributed by atoms with Gasteiger partial charge in [-0.25, -0.2) is 0 Å². The molecule has 0 unspecified atom stereocenters. The average molecular weight is 233 g/mol. The fourth-order valence-electron chi connectivity index (χ4n) is 0.879. The van der Waals surface area contributed by atoms with Gasteiger partial charge in [0.15, 0.2) is 0 Å². The fourth-order valence-corrected chi connectivity index (χ4v) is 3.29. The summed E-state index contributed by atoms with van der Waals surface area (Å²) in [5.74, 6) is 2.27. The van der Waals surface area contributed by atoms with Crippen molar-refractivity contribution in [3.63, 3.8) is 0 Å². The molecule has 3 heteroatoms. The number of hydrogen-bond donors (Lipinski definition) is 0. The smallest absolute Gasteiger partial charge is 0.0409 e. The second kappa shape index (κ2) is 6.63. The Balaban J connectivity index is 2.28. The third-order valence-electron chi connectivity index (χ3n) is 1.49. The molecule has 0 aliphatic heterocycles. The molecule has 0 atom stereocenters. The summed E-state index contributed by atoms with van der Waals surface area (Å²) < 4.78 is 0. The third kappa shape index (κ3) is 4.84. The van der Waals surface area contributed by atoms with Gasteiger partial charge in [0.25, 0.3) is 0 Å². The summed E-state index contributed by atoms with van der Waals surface area (Å²) in [6.07, 6.45) is 1.24. The van der Waals surface area contributed by atoms with Crippen LogP contribution in [-0.4, -0.2) is 5.75 Å². The molecule has 0 saturated carbocycles. The van der Waals surface area contributed by atoms with Crippen molar-refractivity contribution < 1.29 is 0 Å². The number of halogens is 1. The van der Waals surface area contributed by atoms with E-state index in [9.17, 15) is 0 Å². The Morgan fingerprint density at radius 1 is 1.31 bits per heavy atom. The van der Waals surface area contributed by atoms with E-state index in [0.717, 1.165) is 10.8 Å². The minimum atomic E-state index is 0.832. The van der Waals surface area contributed by atoms with Crippen molar-refractivity contribution in [3.05, 3.63) is 34.9 Å². The van der Waals surface area contributed by atoms with E-state index in [1.807, 2.05) is 39.8 Å². The van der Waals surface area contributed by atoms with Gasteiger partial charge >= 0.3 is 0 Å². The highest BCUT2D eigenvalue weighted by atomic mass is 35.5. The lowest BCUT2D eigenvalue weighted by Crippen LogP contribution is -1.78. The van der Waals surface area contributed by atoms with E-state index < -0.39 is 0 Å². The van der Waals surface area contributed by atoms with Crippen molar-refractivity contribution >= 4 is 33.2 Å². The summed E-state index contributed by atoms with van der Waals surface area (Å²) in [7, 11) is 3.83. The van der Waals surface area contributed by atoms with Crippen molar-refractivity contribution in [2.24, 2.45) is 0 Å². The van der Waals surface area contributed by atoms with Crippen LogP contribution < -0.4 is 0 Å². The van der Waals surface area contributed by atoms with E-state index in [1.165, 1.54) is 17.7 Å². The quantitative estimate of drug-likeness (QED) is 0.536. The van der Waals surface area contributed by atoms with Crippen LogP contribution in [0.3, 0.4) is 0 Å². The van der Waals surface area contributed by atoms with Gasteiger partial charge in [0.1, 0.15) is 0 Å². The van der Waals surface area contributed by atoms with Crippen LogP contribution >= 0.6 is 33.2 Å². The monoisotopic (exact) mass is 232 g/mol. The first-order valence-electron chi connectivity index (χ1n) is 4.32. The van der Waals surface area contributed by atoms with E-state index in [0.29, 0.717) is 0 Å². The minimum absolute atomic E-state index is 0.832. The van der Waals surface area contributed by atoms with Gasteiger partial charge in [-0.15, -0.1) is 0 Å². The van der Waals surface area contributed by atoms with Gasteiger partial charge < -0.3 is 0 Å². The van der Waals surface area contributed by atoms with Crippen molar-refractivity contribution in [1.82, 2.24) is 0 Å². The second-order valence-electron chi connectivity index (χ2n) is 2.71. The molecule has 1 rings (SSSR count). The molecule has 0 fully saturated rings. The lowest BCUT2D eigenvalue weighted by molar-refractivity contribution is 1.11. The summed E-state index contributed by atoms with van der Waals surface area (Å²) in [6.45, 7) is 2.20. The van der Waals surface area contributed by atoms with Gasteiger partial charge in [-0.1, -0.05) is 52.2 Å². The standard InChI is InChI=1S/C10H13ClS2/c1-2-6-12-13-8-9-4-3-5-10(11)7-9/h3-5,7H,2,6,8H2,1H3. The van der Waals surface area contributed by atoms with Crippen LogP contribution in [0.2, 0.25) is 5.02 Å². The maximum absolute atomic E-state index is 5.87. The van der Waals surface area contributed by atoms with E-state index in [-0.39, 0.29) is 0 Å². The highest BCUT2D eigenvalue weighted by Crippen LogP contribution is 2.27. The Bertz CT molecular complexity index is 250. The first-order valence-corrected chi connectivity index (χ1v) is 7.18. The van der Waals surface area contributed by atoms with Crippen LogP contribution in [0.25, 0.3) is 0 Å². The molecule has 0 amide bonds. The van der Waals surface area contributed by atoms with Gasteiger partial charge in [-0.3, -0.25) is 0 Å². The minimum Gasteiger partial charge on any atom is -0.0938 e. The maximum Gasteiger partial charge on any atom is 0.0409 e. The SMILES string of the molecule is CCCSSCc1cccc(Cl)c1. The molecule has 72 valence electrons. The number of hydrogen-bond acceptors (Lipinski definition) is 2. The number of rotatable bonds is 5. The topological polar surface area (TPSA) is 0 Å². The highest BCUT2D eigenvalue weighted by Gasteiger charge is 1.94. The summed E-state index contributed by atoms with van der Waals surface area (Å²) in [5, 5.41) is 0.832. The number of benzene rings is 1. The van der Waals surface area contributed by atoms with Crippen LogP contribution in [0, 0.1) is 0 Å². The lowest BCUT2D eigenvalue weighted by atomic mass is 10.2. The van der Waals surface area contributed by atoms with Crippen LogP contribution in [0.5, 0.6) is 0 Å². The molecule has 0 aliphatic carbocycles. The molecule has 0 bridgehead atoms. The van der Waals surface area contributed by atoms with Crippen molar-refractivity contribution in [2.45, 2.75) is 19.1 Å². The van der Waals surface area contributed by atoms with Gasteiger partial charge in [0, 0.05) is 16.5 Å². The highest BCUT2D eigenvalue weighted by molar-refractivity contribution is 8.76. The van der Waals surface area contributed by atoms with E-state index in [1.54, 1.807) is 0 Å². The fraction of sp³-hybridized carbons (Fsp3) is 0.400. The maximum atomic E-state index is 5.87. The van der Waals surface area contributed by atoms with E-state index >= 15 is 0 Å². The zero-order valence-electron chi connectivity index (χ0n) is 7.63. The van der Waals surface area contributed by atoms with Crippen molar-refractivity contribution in [1.29, 1.82) is 0 Å². The average Bonchev–Trinajstić information content (AvgIpc) is 2.13. The lowest BCUT2D eigenvalue weighted by Gasteiger charge is -2.00. The Labute approximate surface area is 92.8 Å². The zero-order chi connectivity index (χ0) is 9.52. The van der Waals surface area contributed by atoms with Crippen LogP contribution in [-0.2, 0) is 5.75 Å². The van der Waals surface area contributed by atoms with E-state index in [2.05, 4.69) is 13.0 Å². The molecule has 0 aliphatic rings. The molecule has 0 heterocycles. The first kappa shape index (κ1) is 11.3. The summed E-state index contributed by atoms with van der Waals surface area (Å²) in [4.78, 5) is 0. The first-order chi connectivity index (χ1) is 6.33. The molecular weight excluding hydrogens is 220 g/mol. The van der Waals surface area contributed by atoms with E-state index in [4.69, 9.17) is 11.6 Å². The Morgan fingerprint density at radius 3 is 2.85 bits per heavy atom. The Morgan fingerprint density at radius 2 is 2.15 bits per heavy atom. The molecule has 0 aromatic heterocycles. The van der Waals surface area contributed by atoms with Crippen LogP contribution in [0.4, 0.5) is 0 Å². The van der Waals surface area contributed by atoms with Gasteiger partial charge in [0.05, 0.1) is 0 Å². The predicted octanol–water partition coefficient (Wildman–Crippen LogP) is 4.63. The molecular formula is C10H13ClS2. The van der Waals surface area contributed by atoms with Gasteiger partial charge in [0.2, 0.25) is 0 Å². The van der Waals surface area contributed by atoms with Gasteiger partial charge in [-0.2, -0.15) is 0 Å². The Hall–Kier alpha value is 0.210. The molecule has 0 nitrogen and oxygen atoms in total. The molecule has 0 N–H and O–H groups in total. The largest absolute Gasteiger partial charge is 0.0938 e.